The number of urea groups is 1. The highest BCUT2D eigenvalue weighted by Gasteiger charge is 2.16. The van der Waals surface area contributed by atoms with Gasteiger partial charge in [-0.1, -0.05) is 20.3 Å². The highest BCUT2D eigenvalue weighted by molar-refractivity contribution is 7.98. The van der Waals surface area contributed by atoms with Gasteiger partial charge in [0.05, 0.1) is 6.42 Å². The fourth-order valence-electron chi connectivity index (χ4n) is 1.66. The summed E-state index contributed by atoms with van der Waals surface area (Å²) in [6, 6.07) is -0.429. The maximum Gasteiger partial charge on any atom is 0.315 e. The first-order chi connectivity index (χ1) is 8.53. The van der Waals surface area contributed by atoms with Crippen LogP contribution in [0.4, 0.5) is 4.79 Å². The summed E-state index contributed by atoms with van der Waals surface area (Å²) in [7, 11) is 0. The van der Waals surface area contributed by atoms with Crippen LogP contribution in [0, 0.1) is 0 Å². The molecular weight excluding hydrogens is 252 g/mol. The van der Waals surface area contributed by atoms with Crippen LogP contribution < -0.4 is 10.6 Å². The second-order valence-electron chi connectivity index (χ2n) is 4.26. The third-order valence-corrected chi connectivity index (χ3v) is 3.32. The predicted octanol–water partition coefficient (Wildman–Crippen LogP) is 2.07. The number of hydrogen-bond acceptors (Lipinski definition) is 3. The van der Waals surface area contributed by atoms with Crippen LogP contribution in [-0.2, 0) is 4.79 Å². The molecule has 2 atom stereocenters. The quantitative estimate of drug-likeness (QED) is 0.602. The summed E-state index contributed by atoms with van der Waals surface area (Å²) in [6.07, 6.45) is 4.36. The van der Waals surface area contributed by atoms with E-state index in [1.807, 2.05) is 20.1 Å². The van der Waals surface area contributed by atoms with Crippen LogP contribution in [0.2, 0.25) is 0 Å². The summed E-state index contributed by atoms with van der Waals surface area (Å²) in [5.74, 6) is -0.0220. The van der Waals surface area contributed by atoms with E-state index in [9.17, 15) is 9.59 Å². The van der Waals surface area contributed by atoms with Crippen LogP contribution in [0.15, 0.2) is 0 Å². The smallest absolute Gasteiger partial charge is 0.315 e. The van der Waals surface area contributed by atoms with Gasteiger partial charge in [-0.05, 0) is 19.1 Å². The van der Waals surface area contributed by atoms with E-state index in [-0.39, 0.29) is 24.5 Å². The number of amides is 2. The monoisotopic (exact) mass is 276 g/mol. The maximum absolute atomic E-state index is 11.7. The van der Waals surface area contributed by atoms with Crippen LogP contribution in [-0.4, -0.2) is 41.2 Å². The van der Waals surface area contributed by atoms with Crippen molar-refractivity contribution in [1.29, 1.82) is 0 Å². The van der Waals surface area contributed by atoms with E-state index in [4.69, 9.17) is 5.11 Å². The Kier molecular flexibility index (Phi) is 9.55. The first-order valence-electron chi connectivity index (χ1n) is 6.31. The molecule has 0 saturated heterocycles. The topological polar surface area (TPSA) is 78.4 Å². The highest BCUT2D eigenvalue weighted by Crippen LogP contribution is 2.03. The minimum Gasteiger partial charge on any atom is -0.481 e. The lowest BCUT2D eigenvalue weighted by atomic mass is 10.1. The van der Waals surface area contributed by atoms with Crippen molar-refractivity contribution in [1.82, 2.24) is 10.6 Å². The van der Waals surface area contributed by atoms with Crippen molar-refractivity contribution in [3.05, 3.63) is 0 Å². The molecule has 6 heteroatoms. The zero-order chi connectivity index (χ0) is 14.0. The number of thioether (sulfide) groups is 1. The number of carboxylic acid groups (broad SMARTS) is 1. The molecular formula is C12H24N2O3S. The van der Waals surface area contributed by atoms with E-state index in [2.05, 4.69) is 10.6 Å². The van der Waals surface area contributed by atoms with E-state index >= 15 is 0 Å². The molecule has 0 fully saturated rings. The average molecular weight is 276 g/mol. The zero-order valence-corrected chi connectivity index (χ0v) is 12.2. The Morgan fingerprint density at radius 2 is 1.83 bits per heavy atom. The average Bonchev–Trinajstić information content (AvgIpc) is 2.27. The van der Waals surface area contributed by atoms with Crippen molar-refractivity contribution in [2.75, 3.05) is 12.0 Å². The third kappa shape index (κ3) is 8.22. The molecule has 0 rings (SSSR count). The maximum atomic E-state index is 11.7. The van der Waals surface area contributed by atoms with Crippen molar-refractivity contribution >= 4 is 23.8 Å². The van der Waals surface area contributed by atoms with Crippen LogP contribution >= 0.6 is 11.8 Å². The summed E-state index contributed by atoms with van der Waals surface area (Å²) in [5, 5.41) is 14.4. The van der Waals surface area contributed by atoms with E-state index < -0.39 is 5.97 Å². The summed E-state index contributed by atoms with van der Waals surface area (Å²) in [4.78, 5) is 22.4. The second-order valence-corrected chi connectivity index (χ2v) is 5.17. The Labute approximate surface area is 113 Å². The molecule has 0 aromatic heterocycles. The molecule has 0 aliphatic carbocycles. The molecule has 2 amide bonds. The Morgan fingerprint density at radius 3 is 2.28 bits per heavy atom. The molecule has 106 valence electrons. The number of carbonyl (C=O) groups excluding carboxylic acids is 1. The van der Waals surface area contributed by atoms with Gasteiger partial charge in [-0.15, -0.1) is 0 Å². The largest absolute Gasteiger partial charge is 0.481 e. The number of hydrogen-bond donors (Lipinski definition) is 3. The lowest BCUT2D eigenvalue weighted by molar-refractivity contribution is -0.137. The van der Waals surface area contributed by atoms with E-state index in [0.717, 1.165) is 18.6 Å². The molecule has 0 aliphatic rings. The van der Waals surface area contributed by atoms with Gasteiger partial charge in [0, 0.05) is 17.8 Å². The Bertz CT molecular complexity index is 262. The molecule has 0 radical (unpaired) electrons. The molecule has 0 aromatic carbocycles. The number of rotatable bonds is 9. The molecule has 5 nitrogen and oxygen atoms in total. The first-order valence-corrected chi connectivity index (χ1v) is 7.70. The van der Waals surface area contributed by atoms with Gasteiger partial charge in [0.2, 0.25) is 0 Å². The van der Waals surface area contributed by atoms with Crippen LogP contribution in [0.3, 0.4) is 0 Å². The third-order valence-electron chi connectivity index (χ3n) is 2.59. The van der Waals surface area contributed by atoms with Crippen molar-refractivity contribution in [3.8, 4) is 0 Å². The van der Waals surface area contributed by atoms with Crippen molar-refractivity contribution in [2.24, 2.45) is 0 Å². The standard InChI is InChI=1S/C12H24N2O3S/c1-4-6-10(7-11(15)16)14-12(17)13-9(5-2)8-18-3/h9-10H,4-8H2,1-3H3,(H,15,16)(H2,13,14,17). The minimum atomic E-state index is -0.884. The number of nitrogens with one attached hydrogen (secondary N) is 2. The van der Waals surface area contributed by atoms with Gasteiger partial charge in [0.15, 0.2) is 0 Å². The van der Waals surface area contributed by atoms with Gasteiger partial charge in [-0.3, -0.25) is 4.79 Å². The zero-order valence-electron chi connectivity index (χ0n) is 11.4. The van der Waals surface area contributed by atoms with Gasteiger partial charge in [-0.25, -0.2) is 4.79 Å². The fraction of sp³-hybridized carbons (Fsp3) is 0.833. The normalized spacial score (nSPS) is 13.7. The summed E-state index contributed by atoms with van der Waals surface area (Å²) in [6.45, 7) is 3.99. The van der Waals surface area contributed by atoms with Crippen molar-refractivity contribution in [2.45, 2.75) is 51.6 Å². The Balaban J connectivity index is 4.18. The lowest BCUT2D eigenvalue weighted by Gasteiger charge is -2.20. The van der Waals surface area contributed by atoms with E-state index in [0.29, 0.717) is 6.42 Å². The van der Waals surface area contributed by atoms with E-state index in [1.54, 1.807) is 11.8 Å². The van der Waals surface area contributed by atoms with Crippen LogP contribution in [0.1, 0.15) is 39.5 Å². The van der Waals surface area contributed by atoms with Gasteiger partial charge < -0.3 is 15.7 Å². The summed E-state index contributed by atoms with van der Waals surface area (Å²) < 4.78 is 0. The molecule has 2 unspecified atom stereocenters. The van der Waals surface area contributed by atoms with E-state index in [1.165, 1.54) is 0 Å². The predicted molar refractivity (Wildman–Crippen MR) is 75.1 cm³/mol. The van der Waals surface area contributed by atoms with Gasteiger partial charge in [0.1, 0.15) is 0 Å². The fourth-order valence-corrected chi connectivity index (χ4v) is 2.38. The molecule has 0 bridgehead atoms. The SMILES string of the molecule is CCCC(CC(=O)O)NC(=O)NC(CC)CSC. The number of carbonyl (C=O) groups is 2. The van der Waals surface area contributed by atoms with Crippen LogP contribution in [0.5, 0.6) is 0 Å². The molecule has 18 heavy (non-hydrogen) atoms. The van der Waals surface area contributed by atoms with Gasteiger partial charge >= 0.3 is 12.0 Å². The molecule has 0 saturated carbocycles. The van der Waals surface area contributed by atoms with Crippen molar-refractivity contribution < 1.29 is 14.7 Å². The Morgan fingerprint density at radius 1 is 1.22 bits per heavy atom. The molecule has 3 N–H and O–H groups in total. The summed E-state index contributed by atoms with van der Waals surface area (Å²) in [5.41, 5.74) is 0. The Hall–Kier alpha value is -0.910. The second kappa shape index (κ2) is 10.1. The van der Waals surface area contributed by atoms with Crippen molar-refractivity contribution in [3.63, 3.8) is 0 Å². The lowest BCUT2D eigenvalue weighted by Crippen LogP contribution is -2.47. The molecule has 0 aliphatic heterocycles. The highest BCUT2D eigenvalue weighted by atomic mass is 32.2. The first kappa shape index (κ1) is 17.1. The van der Waals surface area contributed by atoms with Gasteiger partial charge in [-0.2, -0.15) is 11.8 Å². The molecule has 0 heterocycles. The number of carboxylic acids is 1. The minimum absolute atomic E-state index is 0.0272. The molecule has 0 aromatic rings. The van der Waals surface area contributed by atoms with Gasteiger partial charge in [0.25, 0.3) is 0 Å². The van der Waals surface area contributed by atoms with Crippen LogP contribution in [0.25, 0.3) is 0 Å². The summed E-state index contributed by atoms with van der Waals surface area (Å²) >= 11 is 1.68. The molecule has 0 spiro atoms. The number of aliphatic carboxylic acids is 1.